The number of ether oxygens (including phenoxy) is 1. The fraction of sp³-hybridized carbons (Fsp3) is 0.500. The summed E-state index contributed by atoms with van der Waals surface area (Å²) in [5.41, 5.74) is 1.05. The lowest BCUT2D eigenvalue weighted by atomic mass is 9.92. The molecule has 2 saturated carbocycles. The van der Waals surface area contributed by atoms with Crippen LogP contribution >= 0.6 is 0 Å². The predicted octanol–water partition coefficient (Wildman–Crippen LogP) is 2.73. The van der Waals surface area contributed by atoms with E-state index in [4.69, 9.17) is 9.84 Å². The van der Waals surface area contributed by atoms with Crippen molar-refractivity contribution in [2.75, 3.05) is 0 Å². The van der Waals surface area contributed by atoms with Crippen molar-refractivity contribution in [3.05, 3.63) is 29.8 Å². The Morgan fingerprint density at radius 3 is 2.41 bits per heavy atom. The van der Waals surface area contributed by atoms with Gasteiger partial charge in [0.05, 0.1) is 12.5 Å². The van der Waals surface area contributed by atoms with E-state index >= 15 is 0 Å². The molecule has 0 aliphatic heterocycles. The molecule has 0 bridgehead atoms. The van der Waals surface area contributed by atoms with E-state index in [0.717, 1.165) is 37.0 Å². The summed E-state index contributed by atoms with van der Waals surface area (Å²) >= 11 is 0. The Labute approximate surface area is 100 Å². The molecule has 90 valence electrons. The van der Waals surface area contributed by atoms with Crippen molar-refractivity contribution in [2.24, 2.45) is 0 Å². The first-order valence-corrected chi connectivity index (χ1v) is 6.17. The molecule has 0 saturated heterocycles. The average Bonchev–Trinajstić information content (AvgIpc) is 3.16. The molecule has 3 rings (SSSR count). The van der Waals surface area contributed by atoms with Crippen LogP contribution in [0.25, 0.3) is 0 Å². The Bertz CT molecular complexity index is 427. The van der Waals surface area contributed by atoms with Gasteiger partial charge in [0.25, 0.3) is 0 Å². The van der Waals surface area contributed by atoms with Gasteiger partial charge < -0.3 is 9.84 Å². The summed E-state index contributed by atoms with van der Waals surface area (Å²) in [5.74, 6) is 0.197. The van der Waals surface area contributed by atoms with Crippen LogP contribution in [-0.2, 0) is 10.2 Å². The molecule has 0 atom stereocenters. The van der Waals surface area contributed by atoms with Crippen LogP contribution in [0.15, 0.2) is 24.3 Å². The molecule has 2 aliphatic carbocycles. The molecule has 0 radical (unpaired) electrons. The van der Waals surface area contributed by atoms with Gasteiger partial charge in [0, 0.05) is 5.41 Å². The normalized spacial score (nSPS) is 20.9. The first-order valence-electron chi connectivity index (χ1n) is 6.17. The van der Waals surface area contributed by atoms with Gasteiger partial charge in [0.15, 0.2) is 0 Å². The highest BCUT2D eigenvalue weighted by molar-refractivity contribution is 5.70. The summed E-state index contributed by atoms with van der Waals surface area (Å²) in [7, 11) is 0. The van der Waals surface area contributed by atoms with Crippen molar-refractivity contribution >= 4 is 5.97 Å². The number of carboxylic acids is 1. The van der Waals surface area contributed by atoms with E-state index in [9.17, 15) is 4.79 Å². The maximum absolute atomic E-state index is 10.8. The molecule has 17 heavy (non-hydrogen) atoms. The number of hydrogen-bond acceptors (Lipinski definition) is 2. The molecule has 2 fully saturated rings. The van der Waals surface area contributed by atoms with Gasteiger partial charge in [-0.25, -0.2) is 0 Å². The number of benzene rings is 1. The third-order valence-electron chi connectivity index (χ3n) is 3.64. The zero-order valence-corrected chi connectivity index (χ0v) is 9.69. The summed E-state index contributed by atoms with van der Waals surface area (Å²) in [5, 5.41) is 8.91. The lowest BCUT2D eigenvalue weighted by Gasteiger charge is -2.13. The molecule has 1 N–H and O–H groups in total. The molecule has 2 aliphatic rings. The van der Waals surface area contributed by atoms with Gasteiger partial charge in [-0.2, -0.15) is 0 Å². The van der Waals surface area contributed by atoms with E-state index in [1.807, 2.05) is 24.3 Å². The molecule has 3 nitrogen and oxygen atoms in total. The van der Waals surface area contributed by atoms with Crippen molar-refractivity contribution in [2.45, 2.75) is 43.6 Å². The standard InChI is InChI=1S/C14H16O3/c15-13(16)9-14(7-8-14)10-1-3-11(4-2-10)17-12-5-6-12/h1-4,12H,5-9H2,(H,15,16). The van der Waals surface area contributed by atoms with Gasteiger partial charge in [-0.05, 0) is 43.4 Å². The molecular formula is C14H16O3. The number of aliphatic carboxylic acids is 1. The maximum atomic E-state index is 10.8. The van der Waals surface area contributed by atoms with Crippen LogP contribution in [0.3, 0.4) is 0 Å². The third-order valence-corrected chi connectivity index (χ3v) is 3.64. The average molecular weight is 232 g/mol. The van der Waals surface area contributed by atoms with Crippen LogP contribution in [0.2, 0.25) is 0 Å². The lowest BCUT2D eigenvalue weighted by Crippen LogP contribution is -2.12. The Hall–Kier alpha value is -1.51. The van der Waals surface area contributed by atoms with Gasteiger partial charge in [0.2, 0.25) is 0 Å². The number of hydrogen-bond donors (Lipinski definition) is 1. The third kappa shape index (κ3) is 2.28. The van der Waals surface area contributed by atoms with Crippen LogP contribution in [0.5, 0.6) is 5.75 Å². The van der Waals surface area contributed by atoms with Crippen molar-refractivity contribution in [3.63, 3.8) is 0 Å². The maximum Gasteiger partial charge on any atom is 0.304 e. The van der Waals surface area contributed by atoms with Gasteiger partial charge >= 0.3 is 5.97 Å². The van der Waals surface area contributed by atoms with E-state index < -0.39 is 5.97 Å². The Morgan fingerprint density at radius 2 is 1.94 bits per heavy atom. The predicted molar refractivity (Wildman–Crippen MR) is 63.3 cm³/mol. The molecule has 0 amide bonds. The van der Waals surface area contributed by atoms with Gasteiger partial charge in [0.1, 0.15) is 5.75 Å². The van der Waals surface area contributed by atoms with Crippen LogP contribution < -0.4 is 4.74 Å². The summed E-state index contributed by atoms with van der Waals surface area (Å²) < 4.78 is 5.68. The highest BCUT2D eigenvalue weighted by Crippen LogP contribution is 2.51. The minimum Gasteiger partial charge on any atom is -0.490 e. The second kappa shape index (κ2) is 3.76. The van der Waals surface area contributed by atoms with Gasteiger partial charge in [-0.15, -0.1) is 0 Å². The number of carbonyl (C=O) groups is 1. The van der Waals surface area contributed by atoms with Crippen LogP contribution in [0.4, 0.5) is 0 Å². The van der Waals surface area contributed by atoms with E-state index in [1.165, 1.54) is 0 Å². The van der Waals surface area contributed by atoms with Crippen molar-refractivity contribution in [1.82, 2.24) is 0 Å². The smallest absolute Gasteiger partial charge is 0.304 e. The summed E-state index contributed by atoms with van der Waals surface area (Å²) in [6.07, 6.45) is 4.95. The zero-order chi connectivity index (χ0) is 11.9. The number of rotatable bonds is 5. The summed E-state index contributed by atoms with van der Waals surface area (Å²) in [6, 6.07) is 7.98. The molecule has 0 spiro atoms. The van der Waals surface area contributed by atoms with Crippen LogP contribution in [-0.4, -0.2) is 17.2 Å². The van der Waals surface area contributed by atoms with Gasteiger partial charge in [-0.3, -0.25) is 4.79 Å². The topological polar surface area (TPSA) is 46.5 Å². The molecule has 0 aromatic heterocycles. The molecule has 1 aromatic rings. The second-order valence-corrected chi connectivity index (χ2v) is 5.19. The SMILES string of the molecule is O=C(O)CC1(c2ccc(OC3CC3)cc2)CC1. The van der Waals surface area contributed by atoms with E-state index in [2.05, 4.69) is 0 Å². The van der Waals surface area contributed by atoms with Crippen LogP contribution in [0, 0.1) is 0 Å². The summed E-state index contributed by atoms with van der Waals surface area (Å²) in [6.45, 7) is 0. The minimum absolute atomic E-state index is 0.0933. The summed E-state index contributed by atoms with van der Waals surface area (Å²) in [4.78, 5) is 10.8. The molecule has 3 heteroatoms. The number of carboxylic acid groups (broad SMARTS) is 1. The Kier molecular flexibility index (Phi) is 2.35. The Balaban J connectivity index is 1.72. The molecule has 1 aromatic carbocycles. The highest BCUT2D eigenvalue weighted by atomic mass is 16.5. The zero-order valence-electron chi connectivity index (χ0n) is 9.69. The largest absolute Gasteiger partial charge is 0.490 e. The first-order chi connectivity index (χ1) is 8.18. The van der Waals surface area contributed by atoms with Gasteiger partial charge in [-0.1, -0.05) is 12.1 Å². The molecule has 0 heterocycles. The van der Waals surface area contributed by atoms with E-state index in [0.29, 0.717) is 6.10 Å². The Morgan fingerprint density at radius 1 is 1.29 bits per heavy atom. The fourth-order valence-electron chi connectivity index (χ4n) is 2.27. The fourth-order valence-corrected chi connectivity index (χ4v) is 2.27. The van der Waals surface area contributed by atoms with Crippen molar-refractivity contribution in [1.29, 1.82) is 0 Å². The van der Waals surface area contributed by atoms with Crippen molar-refractivity contribution < 1.29 is 14.6 Å². The monoisotopic (exact) mass is 232 g/mol. The first kappa shape index (κ1) is 10.6. The van der Waals surface area contributed by atoms with E-state index in [1.54, 1.807) is 0 Å². The minimum atomic E-state index is -0.708. The molecule has 0 unspecified atom stereocenters. The van der Waals surface area contributed by atoms with E-state index in [-0.39, 0.29) is 11.8 Å². The quantitative estimate of drug-likeness (QED) is 0.849. The molecular weight excluding hydrogens is 216 g/mol. The highest BCUT2D eigenvalue weighted by Gasteiger charge is 2.45. The lowest BCUT2D eigenvalue weighted by molar-refractivity contribution is -0.137. The second-order valence-electron chi connectivity index (χ2n) is 5.19. The van der Waals surface area contributed by atoms with Crippen molar-refractivity contribution in [3.8, 4) is 5.75 Å². The van der Waals surface area contributed by atoms with Crippen LogP contribution in [0.1, 0.15) is 37.7 Å².